The number of nitrogens with zero attached hydrogens (tertiary/aromatic N) is 1. The van der Waals surface area contributed by atoms with Crippen LogP contribution in [0, 0.1) is 5.92 Å². The lowest BCUT2D eigenvalue weighted by Gasteiger charge is -2.08. The Morgan fingerprint density at radius 2 is 2.52 bits per heavy atom. The molecule has 21 heavy (non-hydrogen) atoms. The van der Waals surface area contributed by atoms with E-state index < -0.39 is 0 Å². The fourth-order valence-corrected chi connectivity index (χ4v) is 2.86. The summed E-state index contributed by atoms with van der Waals surface area (Å²) in [6, 6.07) is 4.20. The number of hydrogen-bond acceptors (Lipinski definition) is 4. The average Bonchev–Trinajstić information content (AvgIpc) is 3.16. The van der Waals surface area contributed by atoms with Crippen LogP contribution in [0.15, 0.2) is 22.5 Å². The van der Waals surface area contributed by atoms with Gasteiger partial charge in [-0.2, -0.15) is 0 Å². The molecule has 5 nitrogen and oxygen atoms in total. The molecule has 3 N–H and O–H groups in total. The zero-order valence-corrected chi connectivity index (χ0v) is 13.2. The zero-order valence-electron chi connectivity index (χ0n) is 12.4. The topological polar surface area (TPSA) is 68.9 Å². The first-order valence-corrected chi connectivity index (χ1v) is 8.44. The van der Waals surface area contributed by atoms with Crippen molar-refractivity contribution in [3.05, 3.63) is 22.4 Å². The first-order chi connectivity index (χ1) is 10.3. The van der Waals surface area contributed by atoms with E-state index in [2.05, 4.69) is 27.8 Å². The second-order valence-corrected chi connectivity index (χ2v) is 6.21. The molecule has 2 rings (SSSR count). The molecule has 0 bridgehead atoms. The first-order valence-electron chi connectivity index (χ1n) is 7.56. The molecule has 1 fully saturated rings. The first kappa shape index (κ1) is 16.3. The van der Waals surface area contributed by atoms with Gasteiger partial charge in [0.15, 0.2) is 5.96 Å². The van der Waals surface area contributed by atoms with Gasteiger partial charge < -0.3 is 20.5 Å². The lowest BCUT2D eigenvalue weighted by atomic mass is 10.1. The van der Waals surface area contributed by atoms with Gasteiger partial charge in [-0.1, -0.05) is 6.07 Å². The normalized spacial score (nSPS) is 19.0. The van der Waals surface area contributed by atoms with E-state index in [9.17, 15) is 0 Å². The van der Waals surface area contributed by atoms with Crippen LogP contribution in [-0.2, 0) is 15.9 Å². The predicted molar refractivity (Wildman–Crippen MR) is 86.9 cm³/mol. The number of guanidine groups is 1. The van der Waals surface area contributed by atoms with Gasteiger partial charge >= 0.3 is 0 Å². The molecule has 0 amide bonds. The Labute approximate surface area is 130 Å². The van der Waals surface area contributed by atoms with Gasteiger partial charge in [-0.3, -0.25) is 4.99 Å². The molecule has 0 aliphatic carbocycles. The third-order valence-corrected chi connectivity index (χ3v) is 4.30. The minimum atomic E-state index is 0.524. The molecule has 1 atom stereocenters. The summed E-state index contributed by atoms with van der Waals surface area (Å²) in [5, 5.41) is 5.22. The van der Waals surface area contributed by atoms with Crippen molar-refractivity contribution >= 4 is 17.3 Å². The van der Waals surface area contributed by atoms with Gasteiger partial charge in [0.2, 0.25) is 0 Å². The number of ether oxygens (including phenoxy) is 2. The van der Waals surface area contributed by atoms with Crippen LogP contribution >= 0.6 is 11.3 Å². The molecule has 118 valence electrons. The lowest BCUT2D eigenvalue weighted by Crippen LogP contribution is -2.33. The molecule has 1 unspecified atom stereocenters. The van der Waals surface area contributed by atoms with Crippen LogP contribution in [0.5, 0.6) is 0 Å². The van der Waals surface area contributed by atoms with E-state index >= 15 is 0 Å². The molecule has 0 radical (unpaired) electrons. The SMILES string of the molecule is NC(=NCCCOCC1CCOC1)NCCc1cccs1. The second kappa shape index (κ2) is 9.76. The monoisotopic (exact) mass is 311 g/mol. The lowest BCUT2D eigenvalue weighted by molar-refractivity contribution is 0.0893. The van der Waals surface area contributed by atoms with E-state index in [1.807, 2.05) is 0 Å². The van der Waals surface area contributed by atoms with Gasteiger partial charge in [-0.15, -0.1) is 11.3 Å². The Bertz CT molecular complexity index is 403. The molecule has 0 aromatic carbocycles. The summed E-state index contributed by atoms with van der Waals surface area (Å²) >= 11 is 1.77. The van der Waals surface area contributed by atoms with E-state index in [4.69, 9.17) is 15.2 Å². The van der Waals surface area contributed by atoms with Crippen molar-refractivity contribution in [2.75, 3.05) is 39.5 Å². The van der Waals surface area contributed by atoms with Crippen molar-refractivity contribution < 1.29 is 9.47 Å². The molecule has 1 aromatic rings. The molecular formula is C15H25N3O2S. The van der Waals surface area contributed by atoms with Gasteiger partial charge in [0.05, 0.1) is 13.2 Å². The van der Waals surface area contributed by atoms with Gasteiger partial charge in [-0.25, -0.2) is 0 Å². The van der Waals surface area contributed by atoms with Crippen molar-refractivity contribution in [2.24, 2.45) is 16.6 Å². The second-order valence-electron chi connectivity index (χ2n) is 5.18. The molecule has 2 heterocycles. The molecule has 0 saturated carbocycles. The van der Waals surface area contributed by atoms with Gasteiger partial charge in [0, 0.05) is 37.1 Å². The van der Waals surface area contributed by atoms with Crippen molar-refractivity contribution in [3.8, 4) is 0 Å². The quantitative estimate of drug-likeness (QED) is 0.413. The number of hydrogen-bond donors (Lipinski definition) is 2. The average molecular weight is 311 g/mol. The van der Waals surface area contributed by atoms with Crippen molar-refractivity contribution in [1.29, 1.82) is 0 Å². The van der Waals surface area contributed by atoms with Crippen LogP contribution in [0.1, 0.15) is 17.7 Å². The van der Waals surface area contributed by atoms with Crippen LogP contribution in [0.2, 0.25) is 0 Å². The van der Waals surface area contributed by atoms with E-state index in [-0.39, 0.29) is 0 Å². The van der Waals surface area contributed by atoms with E-state index in [0.717, 1.165) is 52.2 Å². The third-order valence-electron chi connectivity index (χ3n) is 3.36. The highest BCUT2D eigenvalue weighted by molar-refractivity contribution is 7.09. The van der Waals surface area contributed by atoms with Crippen LogP contribution < -0.4 is 11.1 Å². The highest BCUT2D eigenvalue weighted by atomic mass is 32.1. The predicted octanol–water partition coefficient (Wildman–Crippen LogP) is 1.64. The van der Waals surface area contributed by atoms with Crippen LogP contribution in [0.3, 0.4) is 0 Å². The summed E-state index contributed by atoms with van der Waals surface area (Å²) in [6.07, 6.45) is 3.01. The minimum absolute atomic E-state index is 0.524. The summed E-state index contributed by atoms with van der Waals surface area (Å²) in [5.74, 6) is 1.10. The van der Waals surface area contributed by atoms with Crippen LogP contribution in [0.25, 0.3) is 0 Å². The Balaban J connectivity index is 1.44. The summed E-state index contributed by atoms with van der Waals surface area (Å²) in [4.78, 5) is 5.66. The highest BCUT2D eigenvalue weighted by Crippen LogP contribution is 2.12. The fourth-order valence-electron chi connectivity index (χ4n) is 2.16. The number of aliphatic imine (C=N–C) groups is 1. The smallest absolute Gasteiger partial charge is 0.188 e. The number of nitrogens with two attached hydrogens (primary N) is 1. The van der Waals surface area contributed by atoms with Crippen LogP contribution in [0.4, 0.5) is 0 Å². The summed E-state index contributed by atoms with van der Waals surface area (Å²) in [7, 11) is 0. The third kappa shape index (κ3) is 6.93. The molecule has 1 aliphatic rings. The Kier molecular flexibility index (Phi) is 7.56. The summed E-state index contributed by atoms with van der Waals surface area (Å²) in [5.41, 5.74) is 5.81. The fraction of sp³-hybridized carbons (Fsp3) is 0.667. The molecule has 1 saturated heterocycles. The zero-order chi connectivity index (χ0) is 14.8. The summed E-state index contributed by atoms with van der Waals surface area (Å²) < 4.78 is 10.9. The number of rotatable bonds is 9. The number of nitrogens with one attached hydrogen (secondary N) is 1. The molecule has 6 heteroatoms. The van der Waals surface area contributed by atoms with Gasteiger partial charge in [-0.05, 0) is 30.7 Å². The standard InChI is InChI=1S/C15H25N3O2S/c16-15(18-7-4-14-3-1-10-21-14)17-6-2-8-19-11-13-5-9-20-12-13/h1,3,10,13H,2,4-9,11-12H2,(H3,16,17,18). The Hall–Kier alpha value is -1.11. The van der Waals surface area contributed by atoms with Crippen molar-refractivity contribution in [2.45, 2.75) is 19.3 Å². The van der Waals surface area contributed by atoms with Crippen molar-refractivity contribution in [3.63, 3.8) is 0 Å². The van der Waals surface area contributed by atoms with E-state index in [1.54, 1.807) is 11.3 Å². The number of thiophene rings is 1. The molecule has 1 aliphatic heterocycles. The molecule has 1 aromatic heterocycles. The van der Waals surface area contributed by atoms with Gasteiger partial charge in [0.1, 0.15) is 0 Å². The Morgan fingerprint density at radius 1 is 1.57 bits per heavy atom. The summed E-state index contributed by atoms with van der Waals surface area (Å²) in [6.45, 7) is 4.80. The van der Waals surface area contributed by atoms with E-state index in [0.29, 0.717) is 18.4 Å². The van der Waals surface area contributed by atoms with E-state index in [1.165, 1.54) is 4.88 Å². The Morgan fingerprint density at radius 3 is 3.29 bits per heavy atom. The highest BCUT2D eigenvalue weighted by Gasteiger charge is 2.14. The molecular weight excluding hydrogens is 286 g/mol. The van der Waals surface area contributed by atoms with Crippen LogP contribution in [-0.4, -0.2) is 45.5 Å². The maximum Gasteiger partial charge on any atom is 0.188 e. The van der Waals surface area contributed by atoms with Crippen molar-refractivity contribution in [1.82, 2.24) is 5.32 Å². The van der Waals surface area contributed by atoms with Gasteiger partial charge in [0.25, 0.3) is 0 Å². The largest absolute Gasteiger partial charge is 0.381 e. The maximum atomic E-state index is 5.81. The minimum Gasteiger partial charge on any atom is -0.381 e. The molecule has 0 spiro atoms. The maximum absolute atomic E-state index is 5.81.